The molecule has 0 rings (SSSR count). The zero-order valence-corrected chi connectivity index (χ0v) is 33.8. The fourth-order valence-corrected chi connectivity index (χ4v) is 5.57. The summed E-state index contributed by atoms with van der Waals surface area (Å²) < 4.78 is 16.6. The van der Waals surface area contributed by atoms with Crippen molar-refractivity contribution in [2.24, 2.45) is 0 Å². The molecule has 0 saturated heterocycles. The van der Waals surface area contributed by atoms with Crippen LogP contribution in [-0.4, -0.2) is 37.2 Å². The highest BCUT2D eigenvalue weighted by molar-refractivity contribution is 5.71. The number of carbonyl (C=O) groups is 3. The Balaban J connectivity index is 4.49. The van der Waals surface area contributed by atoms with Crippen LogP contribution < -0.4 is 0 Å². The molecular weight excluding hydrogens is 648 g/mol. The summed E-state index contributed by atoms with van der Waals surface area (Å²) in [5.41, 5.74) is 0. The van der Waals surface area contributed by atoms with Crippen LogP contribution >= 0.6 is 0 Å². The second-order valence-corrected chi connectivity index (χ2v) is 13.9. The van der Waals surface area contributed by atoms with Crippen LogP contribution in [0.15, 0.2) is 60.8 Å². The van der Waals surface area contributed by atoms with E-state index in [1.54, 1.807) is 0 Å². The van der Waals surface area contributed by atoms with Crippen LogP contribution in [0.3, 0.4) is 0 Å². The minimum Gasteiger partial charge on any atom is -0.462 e. The largest absolute Gasteiger partial charge is 0.462 e. The van der Waals surface area contributed by atoms with Gasteiger partial charge < -0.3 is 14.2 Å². The highest BCUT2D eigenvalue weighted by atomic mass is 16.6. The van der Waals surface area contributed by atoms with E-state index in [4.69, 9.17) is 14.2 Å². The molecular formula is C46H78O6. The van der Waals surface area contributed by atoms with Crippen molar-refractivity contribution in [3.8, 4) is 0 Å². The van der Waals surface area contributed by atoms with Crippen molar-refractivity contribution in [3.63, 3.8) is 0 Å². The Morgan fingerprint density at radius 3 is 1.33 bits per heavy atom. The number of ether oxygens (including phenoxy) is 3. The predicted octanol–water partition coefficient (Wildman–Crippen LogP) is 13.4. The van der Waals surface area contributed by atoms with Crippen molar-refractivity contribution in [3.05, 3.63) is 60.8 Å². The highest BCUT2D eigenvalue weighted by Gasteiger charge is 2.19. The molecule has 0 bridgehead atoms. The van der Waals surface area contributed by atoms with E-state index in [-0.39, 0.29) is 37.5 Å². The average Bonchev–Trinajstić information content (AvgIpc) is 3.14. The molecule has 0 spiro atoms. The van der Waals surface area contributed by atoms with Crippen LogP contribution in [0.2, 0.25) is 0 Å². The van der Waals surface area contributed by atoms with Gasteiger partial charge in [-0.3, -0.25) is 14.4 Å². The zero-order valence-electron chi connectivity index (χ0n) is 33.8. The Labute approximate surface area is 320 Å². The van der Waals surface area contributed by atoms with Crippen LogP contribution in [0.4, 0.5) is 0 Å². The van der Waals surface area contributed by atoms with Gasteiger partial charge >= 0.3 is 17.9 Å². The van der Waals surface area contributed by atoms with Gasteiger partial charge in [-0.15, -0.1) is 0 Å². The van der Waals surface area contributed by atoms with Crippen LogP contribution in [0.1, 0.15) is 194 Å². The Hall–Kier alpha value is -2.89. The number of esters is 3. The molecule has 0 saturated carbocycles. The molecule has 1 atom stereocenters. The summed E-state index contributed by atoms with van der Waals surface area (Å²) in [6.45, 7) is 6.38. The fourth-order valence-electron chi connectivity index (χ4n) is 5.57. The molecule has 0 aromatic carbocycles. The molecule has 298 valence electrons. The van der Waals surface area contributed by atoms with Gasteiger partial charge in [0.2, 0.25) is 0 Å². The van der Waals surface area contributed by atoms with E-state index < -0.39 is 6.10 Å². The van der Waals surface area contributed by atoms with E-state index in [2.05, 4.69) is 69.4 Å². The van der Waals surface area contributed by atoms with Crippen LogP contribution in [0.25, 0.3) is 0 Å². The Morgan fingerprint density at radius 2 is 0.788 bits per heavy atom. The van der Waals surface area contributed by atoms with E-state index in [1.807, 2.05) is 12.2 Å². The third-order valence-corrected chi connectivity index (χ3v) is 8.77. The zero-order chi connectivity index (χ0) is 38.0. The molecule has 6 nitrogen and oxygen atoms in total. The molecule has 0 aliphatic carbocycles. The molecule has 0 heterocycles. The van der Waals surface area contributed by atoms with E-state index in [0.29, 0.717) is 19.3 Å². The first-order valence-electron chi connectivity index (χ1n) is 21.3. The number of unbranched alkanes of at least 4 members (excludes halogenated alkanes) is 16. The molecule has 0 fully saturated rings. The summed E-state index contributed by atoms with van der Waals surface area (Å²) in [6.07, 6.45) is 47.9. The molecule has 52 heavy (non-hydrogen) atoms. The topological polar surface area (TPSA) is 78.9 Å². The van der Waals surface area contributed by atoms with Gasteiger partial charge in [-0.1, -0.05) is 165 Å². The lowest BCUT2D eigenvalue weighted by molar-refractivity contribution is -0.166. The normalized spacial score (nSPS) is 12.6. The Bertz CT molecular complexity index is 975. The van der Waals surface area contributed by atoms with Crippen LogP contribution in [0.5, 0.6) is 0 Å². The lowest BCUT2D eigenvalue weighted by Crippen LogP contribution is -2.30. The average molecular weight is 727 g/mol. The monoisotopic (exact) mass is 727 g/mol. The van der Waals surface area contributed by atoms with E-state index in [1.165, 1.54) is 70.6 Å². The number of hydrogen-bond acceptors (Lipinski definition) is 6. The second-order valence-electron chi connectivity index (χ2n) is 13.9. The van der Waals surface area contributed by atoms with Gasteiger partial charge in [-0.05, 0) is 70.6 Å². The predicted molar refractivity (Wildman–Crippen MR) is 219 cm³/mol. The summed E-state index contributed by atoms with van der Waals surface area (Å²) in [5.74, 6) is -1.00. The Morgan fingerprint density at radius 1 is 0.404 bits per heavy atom. The standard InChI is InChI=1S/C46H78O6/c1-4-7-10-13-16-19-21-23-25-27-30-33-36-39-45(48)51-42-43(41-50-44(47)38-35-32-29-26-18-15-12-9-6-3)52-46(49)40-37-34-31-28-24-22-20-17-14-11-8-5-2/h7,10,16-17,19-20,23,25,30,33,43H,4-6,8-9,11-15,18,21-22,24,26-29,31-32,34-42H2,1-3H3/b10-7-,19-16-,20-17-,25-23-,33-30-. The number of rotatable bonds is 37. The van der Waals surface area contributed by atoms with Crippen molar-refractivity contribution in [1.82, 2.24) is 0 Å². The molecule has 0 aromatic rings. The molecule has 0 aliphatic heterocycles. The van der Waals surface area contributed by atoms with Gasteiger partial charge in [0, 0.05) is 19.3 Å². The Kier molecular flexibility index (Phi) is 38.6. The van der Waals surface area contributed by atoms with Crippen molar-refractivity contribution < 1.29 is 28.6 Å². The number of allylic oxidation sites excluding steroid dienone is 10. The first-order chi connectivity index (χ1) is 25.5. The molecule has 0 N–H and O–H groups in total. The summed E-state index contributed by atoms with van der Waals surface area (Å²) in [6, 6.07) is 0. The lowest BCUT2D eigenvalue weighted by atomic mass is 10.1. The minimum absolute atomic E-state index is 0.0991. The summed E-state index contributed by atoms with van der Waals surface area (Å²) in [7, 11) is 0. The number of carbonyl (C=O) groups excluding carboxylic acids is 3. The maximum absolute atomic E-state index is 12.7. The second kappa shape index (κ2) is 40.9. The van der Waals surface area contributed by atoms with Gasteiger partial charge in [-0.2, -0.15) is 0 Å². The third-order valence-electron chi connectivity index (χ3n) is 8.77. The molecule has 0 radical (unpaired) electrons. The first-order valence-corrected chi connectivity index (χ1v) is 21.3. The lowest BCUT2D eigenvalue weighted by Gasteiger charge is -2.18. The summed E-state index contributed by atoms with van der Waals surface area (Å²) >= 11 is 0. The summed E-state index contributed by atoms with van der Waals surface area (Å²) in [4.78, 5) is 37.5. The minimum atomic E-state index is -0.801. The van der Waals surface area contributed by atoms with E-state index >= 15 is 0 Å². The highest BCUT2D eigenvalue weighted by Crippen LogP contribution is 2.13. The van der Waals surface area contributed by atoms with Crippen molar-refractivity contribution in [1.29, 1.82) is 0 Å². The van der Waals surface area contributed by atoms with Gasteiger partial charge in [0.15, 0.2) is 6.10 Å². The third kappa shape index (κ3) is 38.3. The first kappa shape index (κ1) is 49.1. The van der Waals surface area contributed by atoms with Gasteiger partial charge in [0.25, 0.3) is 0 Å². The number of hydrogen-bond donors (Lipinski definition) is 0. The van der Waals surface area contributed by atoms with Crippen molar-refractivity contribution in [2.45, 2.75) is 200 Å². The summed E-state index contributed by atoms with van der Waals surface area (Å²) in [5, 5.41) is 0. The van der Waals surface area contributed by atoms with E-state index in [9.17, 15) is 14.4 Å². The molecule has 0 aliphatic rings. The molecule has 6 heteroatoms. The van der Waals surface area contributed by atoms with Crippen molar-refractivity contribution >= 4 is 17.9 Å². The smallest absolute Gasteiger partial charge is 0.306 e. The van der Waals surface area contributed by atoms with Crippen LogP contribution in [-0.2, 0) is 28.6 Å². The quantitative estimate of drug-likeness (QED) is 0.0274. The van der Waals surface area contributed by atoms with Gasteiger partial charge in [-0.25, -0.2) is 0 Å². The van der Waals surface area contributed by atoms with E-state index in [0.717, 1.165) is 77.0 Å². The fraction of sp³-hybridized carbons (Fsp3) is 0.717. The van der Waals surface area contributed by atoms with Crippen LogP contribution in [0, 0.1) is 0 Å². The maximum atomic E-state index is 12.7. The molecule has 0 amide bonds. The van der Waals surface area contributed by atoms with Gasteiger partial charge in [0.05, 0.1) is 0 Å². The van der Waals surface area contributed by atoms with Crippen molar-refractivity contribution in [2.75, 3.05) is 13.2 Å². The molecule has 0 aromatic heterocycles. The molecule has 1 unspecified atom stereocenters. The maximum Gasteiger partial charge on any atom is 0.306 e. The van der Waals surface area contributed by atoms with Gasteiger partial charge in [0.1, 0.15) is 13.2 Å². The SMILES string of the molecule is CC/C=C\C/C=C\C/C=C\C/C=C\CCC(=O)OCC(COC(=O)CCCCCCCCCCC)OC(=O)CCCCCCC/C=C\CCCCC.